The minimum absolute atomic E-state index is 0.252. The Morgan fingerprint density at radius 3 is 2.46 bits per heavy atom. The maximum atomic E-state index is 13.3. The van der Waals surface area contributed by atoms with Gasteiger partial charge in [-0.3, -0.25) is 9.94 Å². The van der Waals surface area contributed by atoms with Crippen molar-refractivity contribution in [2.75, 3.05) is 42.6 Å². The van der Waals surface area contributed by atoms with Gasteiger partial charge in [-0.25, -0.2) is 13.2 Å². The number of carbonyl (C=O) groups is 1. The molecule has 290 valence electrons. The second kappa shape index (κ2) is 17.0. The summed E-state index contributed by atoms with van der Waals surface area (Å²) in [5.74, 6) is 0.270. The van der Waals surface area contributed by atoms with Crippen LogP contribution in [0, 0.1) is 0 Å². The van der Waals surface area contributed by atoms with Crippen molar-refractivity contribution in [3.63, 3.8) is 0 Å². The van der Waals surface area contributed by atoms with Crippen LogP contribution in [0.3, 0.4) is 0 Å². The number of hydrogen-bond donors (Lipinski definition) is 0. The van der Waals surface area contributed by atoms with Gasteiger partial charge >= 0.3 is 6.09 Å². The van der Waals surface area contributed by atoms with E-state index in [1.165, 1.54) is 22.5 Å². The zero-order valence-electron chi connectivity index (χ0n) is 31.5. The van der Waals surface area contributed by atoms with E-state index in [0.717, 1.165) is 78.9 Å². The van der Waals surface area contributed by atoms with Gasteiger partial charge in [-0.05, 0) is 81.2 Å². The molecule has 0 atom stereocenters. The lowest BCUT2D eigenvalue weighted by Crippen LogP contribution is -2.37. The highest BCUT2D eigenvalue weighted by molar-refractivity contribution is 7.94. The monoisotopic (exact) mass is 776 g/mol. The largest absolute Gasteiger partial charge is 0.748 e. The molecule has 11 nitrogen and oxygen atoms in total. The standard InChI is InChI=1S/C41H51N3O8S2/c1-40(2)32-14-5-7-16-34(32)42(24-9-11-28-53-52-51-46)36(40)22-20-30-18-19-31(38(30)44-26-13-27-50-39(44)45)21-23-37-41(3,4)33-15-6-8-17-35(33)43(37)25-10-12-29-54(47,48)49/h5-8,14-17,20-23H,9-13,18-19,24-29H2,1-4H3,(H-,46,47,48,49)/p-1. The fraction of sp³-hybridized carbons (Fsp3) is 0.463. The minimum atomic E-state index is -4.27. The Morgan fingerprint density at radius 2 is 1.70 bits per heavy atom. The summed E-state index contributed by atoms with van der Waals surface area (Å²) in [5.41, 5.74) is 9.40. The van der Waals surface area contributed by atoms with Crippen molar-refractivity contribution in [3.8, 4) is 0 Å². The molecule has 0 aromatic heterocycles. The van der Waals surface area contributed by atoms with Crippen LogP contribution < -0.4 is 10.2 Å². The molecule has 1 amide bonds. The zero-order chi connectivity index (χ0) is 38.5. The predicted octanol–water partition coefficient (Wildman–Crippen LogP) is 7.09. The Hall–Kier alpha value is -3.72. The highest BCUT2D eigenvalue weighted by atomic mass is 32.2. The quantitative estimate of drug-likeness (QED) is 0.0434. The molecule has 0 radical (unpaired) electrons. The second-order valence-corrected chi connectivity index (χ2v) is 17.5. The van der Waals surface area contributed by atoms with Crippen LogP contribution in [0.5, 0.6) is 0 Å². The molecular weight excluding hydrogens is 727 g/mol. The van der Waals surface area contributed by atoms with E-state index in [1.807, 2.05) is 12.1 Å². The molecule has 2 aromatic rings. The molecule has 3 aliphatic heterocycles. The summed E-state index contributed by atoms with van der Waals surface area (Å²) in [4.78, 5) is 17.5. The Balaban J connectivity index is 1.35. The van der Waals surface area contributed by atoms with Crippen LogP contribution in [0.25, 0.3) is 0 Å². The zero-order valence-corrected chi connectivity index (χ0v) is 33.2. The van der Waals surface area contributed by atoms with Crippen LogP contribution in [-0.4, -0.2) is 72.0 Å². The molecule has 0 bridgehead atoms. The van der Waals surface area contributed by atoms with Crippen molar-refractivity contribution in [2.45, 2.75) is 83.5 Å². The lowest BCUT2D eigenvalue weighted by atomic mass is 9.81. The van der Waals surface area contributed by atoms with E-state index in [2.05, 4.69) is 107 Å². The lowest BCUT2D eigenvalue weighted by Gasteiger charge is -2.29. The molecule has 54 heavy (non-hydrogen) atoms. The Bertz CT molecular complexity index is 2000. The summed E-state index contributed by atoms with van der Waals surface area (Å²) in [7, 11) is -4.27. The van der Waals surface area contributed by atoms with Crippen LogP contribution in [0.4, 0.5) is 16.2 Å². The summed E-state index contributed by atoms with van der Waals surface area (Å²) >= 11 is 1.01. The highest BCUT2D eigenvalue weighted by Gasteiger charge is 2.44. The van der Waals surface area contributed by atoms with Gasteiger partial charge in [0, 0.05) is 77.6 Å². The third kappa shape index (κ3) is 8.56. The summed E-state index contributed by atoms with van der Waals surface area (Å²) < 4.78 is 46.2. The molecule has 3 heterocycles. The summed E-state index contributed by atoms with van der Waals surface area (Å²) in [5, 5.41) is 13.7. The summed E-state index contributed by atoms with van der Waals surface area (Å²) in [6, 6.07) is 16.8. The lowest BCUT2D eigenvalue weighted by molar-refractivity contribution is -0.777. The van der Waals surface area contributed by atoms with Gasteiger partial charge in [0.05, 0.1) is 27.8 Å². The Labute approximate surface area is 323 Å². The number of amides is 1. The first-order chi connectivity index (χ1) is 25.8. The van der Waals surface area contributed by atoms with E-state index >= 15 is 0 Å². The van der Waals surface area contributed by atoms with Crippen molar-refractivity contribution >= 4 is 45.3 Å². The molecule has 13 heteroatoms. The van der Waals surface area contributed by atoms with Crippen molar-refractivity contribution in [1.29, 1.82) is 0 Å². The fourth-order valence-corrected chi connectivity index (χ4v) is 9.28. The van der Waals surface area contributed by atoms with E-state index < -0.39 is 10.1 Å². The maximum Gasteiger partial charge on any atom is 0.414 e. The Kier molecular flexibility index (Phi) is 12.6. The van der Waals surface area contributed by atoms with Crippen molar-refractivity contribution in [2.24, 2.45) is 0 Å². The van der Waals surface area contributed by atoms with Gasteiger partial charge in [-0.15, -0.1) is 0 Å². The van der Waals surface area contributed by atoms with Gasteiger partial charge < -0.3 is 19.4 Å². The first-order valence-corrected chi connectivity index (χ1v) is 21.2. The molecular formula is C41H50N3O8S2-. The fourth-order valence-electron chi connectivity index (χ4n) is 8.29. The van der Waals surface area contributed by atoms with E-state index in [-0.39, 0.29) is 22.7 Å². The van der Waals surface area contributed by atoms with Gasteiger partial charge in [0.2, 0.25) is 5.69 Å². The number of cyclic esters (lactones) is 1. The SMILES string of the molecule is CC1(C)C(/C=C/C2=C(N3CCCOC3=O)C(=C/C=C3/N(CCCCSOO[O-])c4ccccc4C3(C)C)/CC2)=[N+](CCCCS(=O)(=O)[O-])c2ccccc21. The number of para-hydroxylation sites is 2. The normalized spacial score (nSPS) is 20.9. The smallest absolute Gasteiger partial charge is 0.414 e. The van der Waals surface area contributed by atoms with Gasteiger partial charge in [0.1, 0.15) is 6.54 Å². The molecule has 1 fully saturated rings. The number of hydrogen-bond acceptors (Lipinski definition) is 10. The molecule has 0 unspecified atom stereocenters. The molecule has 1 aliphatic carbocycles. The van der Waals surface area contributed by atoms with Crippen molar-refractivity contribution in [3.05, 3.63) is 107 Å². The average Bonchev–Trinajstić information content (AvgIpc) is 3.71. The Morgan fingerprint density at radius 1 is 0.944 bits per heavy atom. The van der Waals surface area contributed by atoms with Gasteiger partial charge in [-0.2, -0.15) is 8.91 Å². The molecule has 0 saturated carbocycles. The van der Waals surface area contributed by atoms with Gasteiger partial charge in [0.15, 0.2) is 5.71 Å². The number of benzene rings is 2. The molecule has 4 aliphatic rings. The van der Waals surface area contributed by atoms with E-state index in [4.69, 9.17) is 4.74 Å². The summed E-state index contributed by atoms with van der Waals surface area (Å²) in [6.45, 7) is 11.2. The van der Waals surface area contributed by atoms with Gasteiger partial charge in [-0.1, -0.05) is 62.4 Å². The topological polar surface area (TPSA) is 135 Å². The maximum absolute atomic E-state index is 13.3. The van der Waals surface area contributed by atoms with Gasteiger partial charge in [0.25, 0.3) is 0 Å². The first kappa shape index (κ1) is 40.0. The number of ether oxygens (including phenoxy) is 1. The molecule has 0 N–H and O–H groups in total. The molecule has 6 rings (SSSR count). The van der Waals surface area contributed by atoms with Crippen LogP contribution in [0.15, 0.2) is 95.4 Å². The number of unbranched alkanes of at least 4 members (excludes halogenated alkanes) is 2. The van der Waals surface area contributed by atoms with E-state index in [0.29, 0.717) is 38.3 Å². The number of carbonyl (C=O) groups excluding carboxylic acids is 1. The van der Waals surface area contributed by atoms with Crippen LogP contribution in [0.2, 0.25) is 0 Å². The molecule has 1 saturated heterocycles. The van der Waals surface area contributed by atoms with Crippen LogP contribution >= 0.6 is 12.0 Å². The minimum Gasteiger partial charge on any atom is -0.748 e. The first-order valence-electron chi connectivity index (χ1n) is 18.7. The third-order valence-corrected chi connectivity index (χ3v) is 12.4. The number of allylic oxidation sites excluding steroid dienone is 7. The summed E-state index contributed by atoms with van der Waals surface area (Å²) in [6.07, 6.45) is 13.2. The predicted molar refractivity (Wildman–Crippen MR) is 208 cm³/mol. The number of anilines is 1. The van der Waals surface area contributed by atoms with Crippen molar-refractivity contribution in [1.82, 2.24) is 4.90 Å². The van der Waals surface area contributed by atoms with E-state index in [9.17, 15) is 23.0 Å². The average molecular weight is 777 g/mol. The number of rotatable bonds is 16. The third-order valence-electron chi connectivity index (χ3n) is 11.0. The van der Waals surface area contributed by atoms with Crippen molar-refractivity contribution < 1.29 is 41.7 Å². The number of nitrogens with zero attached hydrogens (tertiary/aromatic N) is 3. The highest BCUT2D eigenvalue weighted by Crippen LogP contribution is 2.48. The molecule has 0 spiro atoms. The molecule has 2 aromatic carbocycles. The van der Waals surface area contributed by atoms with E-state index in [1.54, 1.807) is 4.90 Å². The second-order valence-electron chi connectivity index (χ2n) is 15.2. The number of fused-ring (bicyclic) bond motifs is 2. The van der Waals surface area contributed by atoms with Crippen LogP contribution in [0.1, 0.15) is 83.8 Å². The van der Waals surface area contributed by atoms with Crippen LogP contribution in [-0.2, 0) is 35.1 Å².